The summed E-state index contributed by atoms with van der Waals surface area (Å²) in [4.78, 5) is 24.7. The van der Waals surface area contributed by atoms with E-state index >= 15 is 0 Å². The van der Waals surface area contributed by atoms with Gasteiger partial charge in [0.1, 0.15) is 6.04 Å². The smallest absolute Gasteiger partial charge is 0.326 e. The maximum Gasteiger partial charge on any atom is 0.326 e. The Balaban J connectivity index is 1.89. The van der Waals surface area contributed by atoms with Gasteiger partial charge >= 0.3 is 12.0 Å². The van der Waals surface area contributed by atoms with Gasteiger partial charge in [0.2, 0.25) is 0 Å². The Morgan fingerprint density at radius 1 is 1.37 bits per heavy atom. The fourth-order valence-electron chi connectivity index (χ4n) is 3.19. The van der Waals surface area contributed by atoms with Gasteiger partial charge in [-0.05, 0) is 25.2 Å². The zero-order chi connectivity index (χ0) is 14.0. The number of carboxylic acid groups (broad SMARTS) is 1. The number of aliphatic hydroxyl groups is 1. The van der Waals surface area contributed by atoms with Crippen LogP contribution in [0.25, 0.3) is 0 Å². The molecule has 19 heavy (non-hydrogen) atoms. The molecule has 2 fully saturated rings. The number of rotatable bonds is 4. The first kappa shape index (κ1) is 14.1. The molecule has 0 aromatic rings. The van der Waals surface area contributed by atoms with E-state index in [1.54, 1.807) is 4.90 Å². The number of hydrogen-bond donors (Lipinski definition) is 3. The van der Waals surface area contributed by atoms with E-state index in [2.05, 4.69) is 5.32 Å². The van der Waals surface area contributed by atoms with Crippen molar-refractivity contribution in [2.24, 2.45) is 11.8 Å². The van der Waals surface area contributed by atoms with Gasteiger partial charge in [0.05, 0.1) is 6.10 Å². The first-order valence-electron chi connectivity index (χ1n) is 6.99. The zero-order valence-corrected chi connectivity index (χ0v) is 11.2. The van der Waals surface area contributed by atoms with E-state index in [-0.39, 0.29) is 18.1 Å². The Morgan fingerprint density at radius 3 is 2.68 bits per heavy atom. The van der Waals surface area contributed by atoms with E-state index in [0.29, 0.717) is 31.8 Å². The highest BCUT2D eigenvalue weighted by atomic mass is 16.4. The zero-order valence-electron chi connectivity index (χ0n) is 11.2. The van der Waals surface area contributed by atoms with E-state index in [0.717, 1.165) is 12.8 Å². The van der Waals surface area contributed by atoms with Gasteiger partial charge in [0, 0.05) is 19.0 Å². The summed E-state index contributed by atoms with van der Waals surface area (Å²) in [5.74, 6) is -0.454. The molecule has 0 aromatic heterocycles. The Bertz CT molecular complexity index is 361. The molecule has 108 valence electrons. The molecule has 6 nitrogen and oxygen atoms in total. The van der Waals surface area contributed by atoms with Gasteiger partial charge in [0.25, 0.3) is 0 Å². The number of carbonyl (C=O) groups is 2. The summed E-state index contributed by atoms with van der Waals surface area (Å²) in [6.45, 7) is 3.06. The number of fused-ring (bicyclic) bond motifs is 1. The number of likely N-dealkylation sites (tertiary alicyclic amines) is 1. The van der Waals surface area contributed by atoms with Crippen molar-refractivity contribution in [1.82, 2.24) is 10.2 Å². The average molecular weight is 270 g/mol. The molecule has 1 aliphatic carbocycles. The van der Waals surface area contributed by atoms with Crippen molar-refractivity contribution < 1.29 is 19.8 Å². The number of aliphatic hydroxyl groups excluding tert-OH is 1. The van der Waals surface area contributed by atoms with Crippen molar-refractivity contribution in [3.63, 3.8) is 0 Å². The van der Waals surface area contributed by atoms with E-state index in [9.17, 15) is 14.7 Å². The molecule has 2 amide bonds. The first-order chi connectivity index (χ1) is 9.02. The van der Waals surface area contributed by atoms with Crippen LogP contribution in [0.1, 0.15) is 32.6 Å². The average Bonchev–Trinajstić information content (AvgIpc) is 2.91. The lowest BCUT2D eigenvalue weighted by Crippen LogP contribution is -2.47. The van der Waals surface area contributed by atoms with E-state index in [1.165, 1.54) is 0 Å². The monoisotopic (exact) mass is 270 g/mol. The largest absolute Gasteiger partial charge is 0.480 e. The van der Waals surface area contributed by atoms with Crippen LogP contribution in [0.4, 0.5) is 4.79 Å². The van der Waals surface area contributed by atoms with Crippen molar-refractivity contribution in [2.45, 2.75) is 44.8 Å². The summed E-state index contributed by atoms with van der Waals surface area (Å²) in [5.41, 5.74) is 0. The van der Waals surface area contributed by atoms with Gasteiger partial charge in [-0.25, -0.2) is 9.59 Å². The normalized spacial score (nSPS) is 31.1. The van der Waals surface area contributed by atoms with Crippen LogP contribution in [0.3, 0.4) is 0 Å². The fourth-order valence-corrected chi connectivity index (χ4v) is 3.19. The van der Waals surface area contributed by atoms with Crippen LogP contribution in [0.5, 0.6) is 0 Å². The summed E-state index contributed by atoms with van der Waals surface area (Å²) >= 11 is 0. The van der Waals surface area contributed by atoms with Crippen LogP contribution in [0.15, 0.2) is 0 Å². The minimum absolute atomic E-state index is 0.167. The van der Waals surface area contributed by atoms with Crippen molar-refractivity contribution >= 4 is 12.0 Å². The maximum atomic E-state index is 12.0. The molecule has 0 radical (unpaired) electrons. The highest BCUT2D eigenvalue weighted by Crippen LogP contribution is 2.37. The highest BCUT2D eigenvalue weighted by Gasteiger charge is 2.43. The predicted octanol–water partition coefficient (Wildman–Crippen LogP) is 0.652. The number of nitrogens with zero attached hydrogens (tertiary/aromatic N) is 1. The van der Waals surface area contributed by atoms with Gasteiger partial charge < -0.3 is 20.4 Å². The second-order valence-corrected chi connectivity index (χ2v) is 5.60. The predicted molar refractivity (Wildman–Crippen MR) is 68.7 cm³/mol. The third-order valence-corrected chi connectivity index (χ3v) is 4.28. The molecule has 0 spiro atoms. The lowest BCUT2D eigenvalue weighted by Gasteiger charge is -2.22. The van der Waals surface area contributed by atoms with Gasteiger partial charge in [-0.1, -0.05) is 13.3 Å². The van der Waals surface area contributed by atoms with E-state index < -0.39 is 12.0 Å². The number of amides is 2. The lowest BCUT2D eigenvalue weighted by molar-refractivity contribution is -0.139. The maximum absolute atomic E-state index is 12.0. The number of nitrogens with one attached hydrogen (secondary N) is 1. The Hall–Kier alpha value is -1.30. The van der Waals surface area contributed by atoms with Gasteiger partial charge in [0.15, 0.2) is 0 Å². The molecule has 4 atom stereocenters. The molecule has 0 bridgehead atoms. The standard InChI is InChI=1S/C13H22N2O4/c1-2-3-10(12(17)18)14-13(19)15-6-8-4-5-11(16)9(8)7-15/h8-11,16H,2-7H2,1H3,(H,14,19)(H,17,18)/t8?,9?,10-,11?/m0/s1. The van der Waals surface area contributed by atoms with E-state index in [4.69, 9.17) is 5.11 Å². The van der Waals surface area contributed by atoms with E-state index in [1.807, 2.05) is 6.92 Å². The Labute approximate surface area is 112 Å². The van der Waals surface area contributed by atoms with Crippen LogP contribution in [0, 0.1) is 11.8 Å². The molecule has 3 N–H and O–H groups in total. The summed E-state index contributed by atoms with van der Waals surface area (Å²) in [6, 6.07) is -1.13. The highest BCUT2D eigenvalue weighted by molar-refractivity contribution is 5.82. The Kier molecular flexibility index (Phi) is 4.29. The quantitative estimate of drug-likeness (QED) is 0.699. The second kappa shape index (κ2) is 5.77. The van der Waals surface area contributed by atoms with Gasteiger partial charge in [-0.15, -0.1) is 0 Å². The van der Waals surface area contributed by atoms with Crippen LogP contribution in [-0.2, 0) is 4.79 Å². The third kappa shape index (κ3) is 3.00. The Morgan fingerprint density at radius 2 is 2.11 bits per heavy atom. The first-order valence-corrected chi connectivity index (χ1v) is 6.99. The molecule has 0 aromatic carbocycles. The number of urea groups is 1. The minimum atomic E-state index is -0.991. The SMILES string of the molecule is CCC[C@H](NC(=O)N1CC2CCC(O)C2C1)C(=O)O. The fraction of sp³-hybridized carbons (Fsp3) is 0.846. The minimum Gasteiger partial charge on any atom is -0.480 e. The van der Waals surface area contributed by atoms with Crippen LogP contribution >= 0.6 is 0 Å². The molecule has 1 aliphatic heterocycles. The molecule has 1 heterocycles. The van der Waals surface area contributed by atoms with Crippen LogP contribution in [0.2, 0.25) is 0 Å². The second-order valence-electron chi connectivity index (χ2n) is 5.60. The lowest BCUT2D eigenvalue weighted by atomic mass is 10.00. The molecule has 2 rings (SSSR count). The molecule has 2 aliphatic rings. The van der Waals surface area contributed by atoms with Crippen LogP contribution in [-0.4, -0.2) is 52.3 Å². The topological polar surface area (TPSA) is 89.9 Å². The van der Waals surface area contributed by atoms with Crippen LogP contribution < -0.4 is 5.32 Å². The van der Waals surface area contributed by atoms with Gasteiger partial charge in [-0.3, -0.25) is 0 Å². The molecule has 3 unspecified atom stereocenters. The summed E-state index contributed by atoms with van der Waals surface area (Å²) in [5, 5.41) is 21.4. The number of carbonyl (C=O) groups excluding carboxylic acids is 1. The van der Waals surface area contributed by atoms with Crippen molar-refractivity contribution in [3.8, 4) is 0 Å². The van der Waals surface area contributed by atoms with Crippen molar-refractivity contribution in [2.75, 3.05) is 13.1 Å². The van der Waals surface area contributed by atoms with Crippen molar-refractivity contribution in [3.05, 3.63) is 0 Å². The molecule has 6 heteroatoms. The molecule has 1 saturated heterocycles. The summed E-state index contributed by atoms with van der Waals surface area (Å²) in [7, 11) is 0. The van der Waals surface area contributed by atoms with Crippen molar-refractivity contribution in [1.29, 1.82) is 0 Å². The summed E-state index contributed by atoms with van der Waals surface area (Å²) in [6.07, 6.45) is 2.60. The number of carboxylic acids is 1. The van der Waals surface area contributed by atoms with Gasteiger partial charge in [-0.2, -0.15) is 0 Å². The molecule has 1 saturated carbocycles. The number of hydrogen-bond acceptors (Lipinski definition) is 3. The number of aliphatic carboxylic acids is 1. The summed E-state index contributed by atoms with van der Waals surface area (Å²) < 4.78 is 0. The molecular weight excluding hydrogens is 248 g/mol. The molecular formula is C13H22N2O4. The third-order valence-electron chi connectivity index (χ3n) is 4.28.